The number of nitrogens with two attached hydrogens (primary N) is 1. The van der Waals surface area contributed by atoms with Crippen LogP contribution in [-0.2, 0) is 0 Å². The van der Waals surface area contributed by atoms with Gasteiger partial charge in [0.25, 0.3) is 0 Å². The van der Waals surface area contributed by atoms with Gasteiger partial charge < -0.3 is 16.0 Å². The van der Waals surface area contributed by atoms with Gasteiger partial charge in [-0.3, -0.25) is 10.1 Å². The first-order valence-electron chi connectivity index (χ1n) is 8.76. The standard InChI is InChI=1S/C18H24N6O2/c1-11-6-8-23(9-7-11)18-21-16(19)15(24(25)26)17(22-18)20-14-5-4-12(2)13(3)10-14/h4-5,10-11H,6-9H2,1-3H3,(H3,19,20,21,22). The maximum absolute atomic E-state index is 11.5. The number of nitro groups is 1. The van der Waals surface area contributed by atoms with E-state index in [0.717, 1.165) is 42.7 Å². The van der Waals surface area contributed by atoms with E-state index in [-0.39, 0.29) is 17.3 Å². The minimum Gasteiger partial charge on any atom is -0.378 e. The number of hydrogen-bond donors (Lipinski definition) is 2. The van der Waals surface area contributed by atoms with Crippen molar-refractivity contribution in [2.75, 3.05) is 29.0 Å². The first-order valence-corrected chi connectivity index (χ1v) is 8.76. The number of hydrogen-bond acceptors (Lipinski definition) is 7. The molecule has 1 aromatic heterocycles. The van der Waals surface area contributed by atoms with Crippen molar-refractivity contribution in [3.63, 3.8) is 0 Å². The highest BCUT2D eigenvalue weighted by Gasteiger charge is 2.26. The van der Waals surface area contributed by atoms with Crippen LogP contribution in [0.2, 0.25) is 0 Å². The Morgan fingerprint density at radius 1 is 1.23 bits per heavy atom. The lowest BCUT2D eigenvalue weighted by Crippen LogP contribution is -2.34. The summed E-state index contributed by atoms with van der Waals surface area (Å²) in [6, 6.07) is 5.76. The molecule has 0 spiro atoms. The Kier molecular flexibility index (Phi) is 4.92. The fourth-order valence-electron chi connectivity index (χ4n) is 3.03. The van der Waals surface area contributed by atoms with Gasteiger partial charge in [0.1, 0.15) is 0 Å². The van der Waals surface area contributed by atoms with E-state index < -0.39 is 4.92 Å². The first kappa shape index (κ1) is 17.9. The average Bonchev–Trinajstić information content (AvgIpc) is 2.58. The summed E-state index contributed by atoms with van der Waals surface area (Å²) >= 11 is 0. The normalized spacial score (nSPS) is 15.1. The van der Waals surface area contributed by atoms with Crippen molar-refractivity contribution >= 4 is 29.0 Å². The average molecular weight is 356 g/mol. The number of aryl methyl sites for hydroxylation is 2. The van der Waals surface area contributed by atoms with Gasteiger partial charge in [0, 0.05) is 18.8 Å². The number of nitrogens with zero attached hydrogens (tertiary/aromatic N) is 4. The molecule has 1 aliphatic heterocycles. The second kappa shape index (κ2) is 7.15. The van der Waals surface area contributed by atoms with Gasteiger partial charge in [0.2, 0.25) is 17.6 Å². The Bertz CT molecular complexity index is 831. The Balaban J connectivity index is 1.97. The van der Waals surface area contributed by atoms with Crippen molar-refractivity contribution in [3.8, 4) is 0 Å². The number of nitrogens with one attached hydrogen (secondary N) is 1. The maximum atomic E-state index is 11.5. The molecule has 1 aromatic carbocycles. The lowest BCUT2D eigenvalue weighted by molar-refractivity contribution is -0.383. The molecule has 8 nitrogen and oxygen atoms in total. The van der Waals surface area contributed by atoms with Gasteiger partial charge in [-0.2, -0.15) is 9.97 Å². The number of aromatic nitrogens is 2. The Morgan fingerprint density at radius 3 is 2.54 bits per heavy atom. The highest BCUT2D eigenvalue weighted by molar-refractivity contribution is 5.74. The third kappa shape index (κ3) is 3.68. The zero-order chi connectivity index (χ0) is 18.8. The molecule has 1 fully saturated rings. The second-order valence-electron chi connectivity index (χ2n) is 6.96. The van der Waals surface area contributed by atoms with Crippen LogP contribution in [0.4, 0.5) is 29.0 Å². The summed E-state index contributed by atoms with van der Waals surface area (Å²) in [5.41, 5.74) is 8.58. The van der Waals surface area contributed by atoms with E-state index >= 15 is 0 Å². The van der Waals surface area contributed by atoms with Crippen LogP contribution >= 0.6 is 0 Å². The molecule has 2 heterocycles. The molecule has 0 aliphatic carbocycles. The molecule has 0 unspecified atom stereocenters. The zero-order valence-corrected chi connectivity index (χ0v) is 15.3. The monoisotopic (exact) mass is 356 g/mol. The van der Waals surface area contributed by atoms with Crippen molar-refractivity contribution in [3.05, 3.63) is 39.4 Å². The summed E-state index contributed by atoms with van der Waals surface area (Å²) < 4.78 is 0. The van der Waals surface area contributed by atoms with Crippen molar-refractivity contribution in [1.29, 1.82) is 0 Å². The predicted molar refractivity (Wildman–Crippen MR) is 103 cm³/mol. The van der Waals surface area contributed by atoms with Crippen LogP contribution in [0.1, 0.15) is 30.9 Å². The Morgan fingerprint density at radius 2 is 1.92 bits per heavy atom. The van der Waals surface area contributed by atoms with Crippen LogP contribution in [0.15, 0.2) is 18.2 Å². The minimum absolute atomic E-state index is 0.120. The number of anilines is 4. The number of rotatable bonds is 4. The fraction of sp³-hybridized carbons (Fsp3) is 0.444. The summed E-state index contributed by atoms with van der Waals surface area (Å²) in [5, 5.41) is 14.5. The minimum atomic E-state index is -0.541. The van der Waals surface area contributed by atoms with Gasteiger partial charge in [0.15, 0.2) is 0 Å². The predicted octanol–water partition coefficient (Wildman–Crippen LogP) is 3.56. The van der Waals surface area contributed by atoms with E-state index in [0.29, 0.717) is 11.9 Å². The van der Waals surface area contributed by atoms with Crippen molar-refractivity contribution in [2.24, 2.45) is 5.92 Å². The van der Waals surface area contributed by atoms with Crippen molar-refractivity contribution in [1.82, 2.24) is 9.97 Å². The van der Waals surface area contributed by atoms with Crippen LogP contribution in [0.5, 0.6) is 0 Å². The molecule has 8 heteroatoms. The highest BCUT2D eigenvalue weighted by Crippen LogP contribution is 2.33. The topological polar surface area (TPSA) is 110 Å². The van der Waals surface area contributed by atoms with Crippen LogP contribution in [0.3, 0.4) is 0 Å². The lowest BCUT2D eigenvalue weighted by atomic mass is 10.00. The molecule has 3 N–H and O–H groups in total. The second-order valence-corrected chi connectivity index (χ2v) is 6.96. The molecule has 1 aliphatic rings. The molecule has 138 valence electrons. The summed E-state index contributed by atoms with van der Waals surface area (Å²) in [5.74, 6) is 1.10. The SMILES string of the molecule is Cc1ccc(Nc2nc(N3CCC(C)CC3)nc(N)c2[N+](=O)[O-])cc1C. The molecular formula is C18H24N6O2. The summed E-state index contributed by atoms with van der Waals surface area (Å²) in [6.45, 7) is 7.86. The number of nitrogen functional groups attached to an aromatic ring is 1. The van der Waals surface area contributed by atoms with E-state index in [9.17, 15) is 10.1 Å². The number of piperidine rings is 1. The Labute approximate surface area is 152 Å². The lowest BCUT2D eigenvalue weighted by Gasteiger charge is -2.30. The molecule has 0 amide bonds. The van der Waals surface area contributed by atoms with Gasteiger partial charge in [-0.25, -0.2) is 0 Å². The molecule has 1 saturated heterocycles. The third-order valence-electron chi connectivity index (χ3n) is 4.92. The van der Waals surface area contributed by atoms with Gasteiger partial charge in [-0.1, -0.05) is 13.0 Å². The quantitative estimate of drug-likeness (QED) is 0.636. The van der Waals surface area contributed by atoms with E-state index in [1.165, 1.54) is 0 Å². The fourth-order valence-corrected chi connectivity index (χ4v) is 3.03. The third-order valence-corrected chi connectivity index (χ3v) is 4.92. The highest BCUT2D eigenvalue weighted by atomic mass is 16.6. The first-order chi connectivity index (χ1) is 12.3. The molecule has 26 heavy (non-hydrogen) atoms. The zero-order valence-electron chi connectivity index (χ0n) is 15.3. The summed E-state index contributed by atoms with van der Waals surface area (Å²) in [6.07, 6.45) is 2.08. The van der Waals surface area contributed by atoms with Crippen LogP contribution in [0, 0.1) is 29.9 Å². The Hall–Kier alpha value is -2.90. The summed E-state index contributed by atoms with van der Waals surface area (Å²) in [4.78, 5) is 21.6. The van der Waals surface area contributed by atoms with Crippen molar-refractivity contribution in [2.45, 2.75) is 33.6 Å². The van der Waals surface area contributed by atoms with Crippen molar-refractivity contribution < 1.29 is 4.92 Å². The van der Waals surface area contributed by atoms with Crippen LogP contribution in [-0.4, -0.2) is 28.0 Å². The molecule has 3 rings (SSSR count). The molecule has 0 bridgehead atoms. The van der Waals surface area contributed by atoms with E-state index in [1.807, 2.05) is 36.9 Å². The van der Waals surface area contributed by atoms with Gasteiger partial charge in [-0.05, 0) is 55.9 Å². The smallest absolute Gasteiger partial charge is 0.353 e. The molecule has 0 saturated carbocycles. The molecule has 2 aromatic rings. The van der Waals surface area contributed by atoms with Gasteiger partial charge >= 0.3 is 5.69 Å². The van der Waals surface area contributed by atoms with Gasteiger partial charge in [0.05, 0.1) is 4.92 Å². The number of benzene rings is 1. The van der Waals surface area contributed by atoms with E-state index in [4.69, 9.17) is 5.73 Å². The molecule has 0 atom stereocenters. The van der Waals surface area contributed by atoms with Crippen LogP contribution < -0.4 is 16.0 Å². The maximum Gasteiger partial charge on any atom is 0.353 e. The summed E-state index contributed by atoms with van der Waals surface area (Å²) in [7, 11) is 0. The van der Waals surface area contributed by atoms with E-state index in [2.05, 4.69) is 22.2 Å². The van der Waals surface area contributed by atoms with Gasteiger partial charge in [-0.15, -0.1) is 0 Å². The largest absolute Gasteiger partial charge is 0.378 e. The van der Waals surface area contributed by atoms with E-state index in [1.54, 1.807) is 0 Å². The molecule has 0 radical (unpaired) electrons. The van der Waals surface area contributed by atoms with Crippen LogP contribution in [0.25, 0.3) is 0 Å². The molecular weight excluding hydrogens is 332 g/mol.